The quantitative estimate of drug-likeness (QED) is 0.742. The van der Waals surface area contributed by atoms with Gasteiger partial charge in [-0.25, -0.2) is 4.68 Å². The summed E-state index contributed by atoms with van der Waals surface area (Å²) in [5, 5.41) is 11.8. The zero-order valence-electron chi connectivity index (χ0n) is 14.4. The van der Waals surface area contributed by atoms with Crippen molar-refractivity contribution in [2.24, 2.45) is 0 Å². The summed E-state index contributed by atoms with van der Waals surface area (Å²) in [5.41, 5.74) is 4.64. The van der Waals surface area contributed by atoms with E-state index in [-0.39, 0.29) is 12.1 Å². The Balaban J connectivity index is 1.59. The molecule has 2 N–H and O–H groups in total. The number of hydrogen-bond acceptors (Lipinski definition) is 3. The number of halogens is 1. The van der Waals surface area contributed by atoms with Crippen LogP contribution in [0, 0.1) is 6.92 Å². The van der Waals surface area contributed by atoms with Crippen molar-refractivity contribution in [2.45, 2.75) is 19.6 Å². The smallest absolute Gasteiger partial charge is 0.269 e. The van der Waals surface area contributed by atoms with Gasteiger partial charge in [-0.3, -0.25) is 10.1 Å². The number of carbonyl (C=O) groups is 1. The van der Waals surface area contributed by atoms with Crippen molar-refractivity contribution >= 4 is 17.5 Å². The Morgan fingerprint density at radius 2 is 2.04 bits per heavy atom. The van der Waals surface area contributed by atoms with E-state index in [2.05, 4.69) is 15.7 Å². The molecule has 1 unspecified atom stereocenters. The van der Waals surface area contributed by atoms with Crippen molar-refractivity contribution in [3.05, 3.63) is 76.4 Å². The van der Waals surface area contributed by atoms with Gasteiger partial charge in [0, 0.05) is 17.1 Å². The zero-order chi connectivity index (χ0) is 18.1. The Labute approximate surface area is 157 Å². The van der Waals surface area contributed by atoms with Crippen LogP contribution in [0.5, 0.6) is 0 Å². The number of carbonyl (C=O) groups excluding carboxylic acids is 1. The average Bonchev–Trinajstić information content (AvgIpc) is 3.08. The third kappa shape index (κ3) is 3.36. The molecule has 0 aliphatic carbocycles. The van der Waals surface area contributed by atoms with E-state index in [4.69, 9.17) is 11.6 Å². The van der Waals surface area contributed by atoms with Gasteiger partial charge in [0.05, 0.1) is 12.2 Å². The summed E-state index contributed by atoms with van der Waals surface area (Å²) >= 11 is 6.05. The molecule has 0 radical (unpaired) electrons. The van der Waals surface area contributed by atoms with Gasteiger partial charge in [0.2, 0.25) is 0 Å². The second kappa shape index (κ2) is 6.94. The molecule has 132 valence electrons. The van der Waals surface area contributed by atoms with Crippen molar-refractivity contribution in [3.63, 3.8) is 0 Å². The largest absolute Gasteiger partial charge is 0.347 e. The van der Waals surface area contributed by atoms with Gasteiger partial charge in [-0.15, -0.1) is 0 Å². The molecule has 6 heteroatoms. The van der Waals surface area contributed by atoms with Crippen molar-refractivity contribution in [2.75, 3.05) is 6.54 Å². The molecule has 4 rings (SSSR count). The normalized spacial score (nSPS) is 16.2. The van der Waals surface area contributed by atoms with Crippen molar-refractivity contribution < 1.29 is 4.79 Å². The van der Waals surface area contributed by atoms with Crippen molar-refractivity contribution in [3.8, 4) is 11.3 Å². The number of aryl methyl sites for hydroxylation is 1. The second-order valence-corrected chi connectivity index (χ2v) is 6.90. The lowest BCUT2D eigenvalue weighted by Gasteiger charge is -2.25. The molecule has 3 aromatic rings. The SMILES string of the molecule is Cc1ccc(-c2cc3n(n2)C(NCc2cccc(Cl)c2)CNC3=O)cc1. The fourth-order valence-electron chi connectivity index (χ4n) is 3.07. The number of nitrogens with zero attached hydrogens (tertiary/aromatic N) is 2. The molecule has 1 aliphatic heterocycles. The van der Waals surface area contributed by atoms with Crippen LogP contribution < -0.4 is 10.6 Å². The molecule has 0 saturated heterocycles. The number of nitrogens with one attached hydrogen (secondary N) is 2. The summed E-state index contributed by atoms with van der Waals surface area (Å²) in [4.78, 5) is 12.2. The van der Waals surface area contributed by atoms with Gasteiger partial charge in [0.25, 0.3) is 5.91 Å². The van der Waals surface area contributed by atoms with E-state index in [0.717, 1.165) is 16.8 Å². The lowest BCUT2D eigenvalue weighted by Crippen LogP contribution is -2.45. The van der Waals surface area contributed by atoms with Crippen LogP contribution in [0.2, 0.25) is 5.02 Å². The minimum absolute atomic E-state index is 0.100. The molecule has 1 aromatic heterocycles. The first-order valence-corrected chi connectivity index (χ1v) is 8.90. The predicted molar refractivity (Wildman–Crippen MR) is 102 cm³/mol. The molecule has 2 aromatic carbocycles. The lowest BCUT2D eigenvalue weighted by molar-refractivity contribution is 0.0900. The van der Waals surface area contributed by atoms with Crippen LogP contribution in [-0.2, 0) is 6.54 Å². The Kier molecular flexibility index (Phi) is 4.49. The molecule has 0 fully saturated rings. The van der Waals surface area contributed by atoms with Crippen LogP contribution in [0.15, 0.2) is 54.6 Å². The van der Waals surface area contributed by atoms with Crippen molar-refractivity contribution in [1.82, 2.24) is 20.4 Å². The Morgan fingerprint density at radius 1 is 1.23 bits per heavy atom. The van der Waals surface area contributed by atoms with Crippen molar-refractivity contribution in [1.29, 1.82) is 0 Å². The molecule has 1 atom stereocenters. The molecule has 2 heterocycles. The Hall–Kier alpha value is -2.63. The fourth-order valence-corrected chi connectivity index (χ4v) is 3.29. The number of hydrogen-bond donors (Lipinski definition) is 2. The molecule has 0 bridgehead atoms. The predicted octanol–water partition coefficient (Wildman–Crippen LogP) is 3.54. The summed E-state index contributed by atoms with van der Waals surface area (Å²) in [6.07, 6.45) is -0.110. The van der Waals surface area contributed by atoms with Crippen LogP contribution >= 0.6 is 11.6 Å². The third-order valence-corrected chi connectivity index (χ3v) is 4.73. The van der Waals surface area contributed by atoms with Crippen LogP contribution in [0.1, 0.15) is 27.8 Å². The van der Waals surface area contributed by atoms with Crippen LogP contribution in [0.25, 0.3) is 11.3 Å². The number of aromatic nitrogens is 2. The van der Waals surface area contributed by atoms with Crippen LogP contribution in [0.3, 0.4) is 0 Å². The first-order valence-electron chi connectivity index (χ1n) is 8.53. The first kappa shape index (κ1) is 16.8. The molecule has 0 saturated carbocycles. The van der Waals surface area contributed by atoms with E-state index in [1.54, 1.807) is 4.68 Å². The summed E-state index contributed by atoms with van der Waals surface area (Å²) in [5.74, 6) is -0.100. The third-order valence-electron chi connectivity index (χ3n) is 4.50. The van der Waals surface area contributed by atoms with E-state index in [1.165, 1.54) is 5.56 Å². The Bertz CT molecular complexity index is 949. The lowest BCUT2D eigenvalue weighted by atomic mass is 10.1. The minimum atomic E-state index is -0.110. The topological polar surface area (TPSA) is 59.0 Å². The standard InChI is InChI=1S/C20H19ClN4O/c1-13-5-7-15(8-6-13)17-10-18-20(26)23-12-19(25(18)24-17)22-11-14-3-2-4-16(21)9-14/h2-10,19,22H,11-12H2,1H3,(H,23,26). The number of fused-ring (bicyclic) bond motifs is 1. The summed E-state index contributed by atoms with van der Waals surface area (Å²) in [7, 11) is 0. The number of amides is 1. The molecule has 1 aliphatic rings. The molecule has 1 amide bonds. The van der Waals surface area contributed by atoms with Gasteiger partial charge in [-0.05, 0) is 30.7 Å². The molecular formula is C20H19ClN4O. The minimum Gasteiger partial charge on any atom is -0.347 e. The molecule has 26 heavy (non-hydrogen) atoms. The first-order chi connectivity index (χ1) is 12.6. The highest BCUT2D eigenvalue weighted by Crippen LogP contribution is 2.23. The van der Waals surface area contributed by atoms with Crippen LogP contribution in [-0.4, -0.2) is 22.2 Å². The van der Waals surface area contributed by atoms with E-state index in [0.29, 0.717) is 23.8 Å². The Morgan fingerprint density at radius 3 is 2.81 bits per heavy atom. The highest BCUT2D eigenvalue weighted by atomic mass is 35.5. The zero-order valence-corrected chi connectivity index (χ0v) is 15.1. The van der Waals surface area contributed by atoms with E-state index < -0.39 is 0 Å². The maximum atomic E-state index is 12.2. The van der Waals surface area contributed by atoms with Gasteiger partial charge in [-0.2, -0.15) is 5.10 Å². The average molecular weight is 367 g/mol. The molecule has 0 spiro atoms. The van der Waals surface area contributed by atoms with Gasteiger partial charge in [0.15, 0.2) is 0 Å². The van der Waals surface area contributed by atoms with E-state index in [1.807, 2.05) is 61.5 Å². The van der Waals surface area contributed by atoms with E-state index >= 15 is 0 Å². The molecule has 5 nitrogen and oxygen atoms in total. The number of rotatable bonds is 4. The summed E-state index contributed by atoms with van der Waals surface area (Å²) in [6.45, 7) is 3.17. The maximum absolute atomic E-state index is 12.2. The highest BCUT2D eigenvalue weighted by molar-refractivity contribution is 6.30. The summed E-state index contributed by atoms with van der Waals surface area (Å²) in [6, 6.07) is 17.7. The van der Waals surface area contributed by atoms with Gasteiger partial charge in [-0.1, -0.05) is 53.6 Å². The highest BCUT2D eigenvalue weighted by Gasteiger charge is 2.27. The van der Waals surface area contributed by atoms with E-state index in [9.17, 15) is 4.79 Å². The fraction of sp³-hybridized carbons (Fsp3) is 0.200. The monoisotopic (exact) mass is 366 g/mol. The van der Waals surface area contributed by atoms with Gasteiger partial charge < -0.3 is 5.32 Å². The molecular weight excluding hydrogens is 348 g/mol. The van der Waals surface area contributed by atoms with Crippen LogP contribution in [0.4, 0.5) is 0 Å². The van der Waals surface area contributed by atoms with Gasteiger partial charge >= 0.3 is 0 Å². The number of benzene rings is 2. The summed E-state index contributed by atoms with van der Waals surface area (Å²) < 4.78 is 1.78. The second-order valence-electron chi connectivity index (χ2n) is 6.46. The van der Waals surface area contributed by atoms with Gasteiger partial charge in [0.1, 0.15) is 11.9 Å². The maximum Gasteiger partial charge on any atom is 0.269 e.